The standard InChI is InChI=1S/C15H18ClNO/c1-11(2)9-17-10-12-7-8-15(18-12)13-5-3-4-6-14(13)16/h3-8,11,17H,9-10H2,1-2H3. The lowest BCUT2D eigenvalue weighted by molar-refractivity contribution is 0.472. The fraction of sp³-hybridized carbons (Fsp3) is 0.333. The molecule has 2 rings (SSSR count). The average molecular weight is 264 g/mol. The molecule has 1 aromatic heterocycles. The molecule has 3 heteroatoms. The van der Waals surface area contributed by atoms with Gasteiger partial charge in [-0.1, -0.05) is 37.6 Å². The molecule has 1 N–H and O–H groups in total. The third-order valence-electron chi connectivity index (χ3n) is 2.65. The summed E-state index contributed by atoms with van der Waals surface area (Å²) in [5, 5.41) is 4.07. The monoisotopic (exact) mass is 263 g/mol. The van der Waals surface area contributed by atoms with Gasteiger partial charge in [0.05, 0.1) is 11.6 Å². The van der Waals surface area contributed by atoms with E-state index >= 15 is 0 Å². The van der Waals surface area contributed by atoms with Crippen molar-refractivity contribution < 1.29 is 4.42 Å². The number of hydrogen-bond donors (Lipinski definition) is 1. The van der Waals surface area contributed by atoms with Gasteiger partial charge in [0.15, 0.2) is 0 Å². The highest BCUT2D eigenvalue weighted by atomic mass is 35.5. The van der Waals surface area contributed by atoms with Crippen LogP contribution < -0.4 is 5.32 Å². The van der Waals surface area contributed by atoms with Crippen LogP contribution in [0.1, 0.15) is 19.6 Å². The van der Waals surface area contributed by atoms with E-state index in [1.807, 2.05) is 36.4 Å². The SMILES string of the molecule is CC(C)CNCc1ccc(-c2ccccc2Cl)o1. The molecule has 0 saturated carbocycles. The largest absolute Gasteiger partial charge is 0.460 e. The summed E-state index contributed by atoms with van der Waals surface area (Å²) < 4.78 is 5.79. The van der Waals surface area contributed by atoms with Crippen LogP contribution in [-0.2, 0) is 6.54 Å². The maximum Gasteiger partial charge on any atom is 0.135 e. The minimum atomic E-state index is 0.642. The number of rotatable bonds is 5. The first kappa shape index (κ1) is 13.2. The Balaban J connectivity index is 2.04. The Hall–Kier alpha value is -1.25. The minimum Gasteiger partial charge on any atom is -0.460 e. The molecule has 0 aliphatic heterocycles. The van der Waals surface area contributed by atoms with Crippen molar-refractivity contribution in [3.63, 3.8) is 0 Å². The van der Waals surface area contributed by atoms with Gasteiger partial charge in [-0.25, -0.2) is 0 Å². The lowest BCUT2D eigenvalue weighted by atomic mass is 10.2. The Bertz CT molecular complexity index is 505. The second-order valence-corrected chi connectivity index (χ2v) is 5.18. The van der Waals surface area contributed by atoms with Crippen LogP contribution in [0.15, 0.2) is 40.8 Å². The Kier molecular flexibility index (Phi) is 4.45. The molecule has 0 saturated heterocycles. The van der Waals surface area contributed by atoms with E-state index in [9.17, 15) is 0 Å². The third-order valence-corrected chi connectivity index (χ3v) is 2.98. The number of furan rings is 1. The third kappa shape index (κ3) is 3.37. The van der Waals surface area contributed by atoms with Gasteiger partial charge in [0.1, 0.15) is 11.5 Å². The molecule has 2 nitrogen and oxygen atoms in total. The summed E-state index contributed by atoms with van der Waals surface area (Å²) in [7, 11) is 0. The van der Waals surface area contributed by atoms with Gasteiger partial charge in [0.2, 0.25) is 0 Å². The molecule has 0 fully saturated rings. The molecule has 0 amide bonds. The van der Waals surface area contributed by atoms with Crippen LogP contribution in [0.25, 0.3) is 11.3 Å². The molecule has 0 unspecified atom stereocenters. The van der Waals surface area contributed by atoms with Gasteiger partial charge in [0, 0.05) is 5.56 Å². The van der Waals surface area contributed by atoms with Gasteiger partial charge in [-0.15, -0.1) is 0 Å². The second-order valence-electron chi connectivity index (χ2n) is 4.77. The second kappa shape index (κ2) is 6.07. The van der Waals surface area contributed by atoms with Gasteiger partial charge in [-0.3, -0.25) is 0 Å². The average Bonchev–Trinajstić information content (AvgIpc) is 2.78. The Morgan fingerprint density at radius 1 is 1.17 bits per heavy atom. The lowest BCUT2D eigenvalue weighted by Crippen LogP contribution is -2.18. The van der Waals surface area contributed by atoms with Crippen LogP contribution >= 0.6 is 11.6 Å². The quantitative estimate of drug-likeness (QED) is 0.868. The topological polar surface area (TPSA) is 25.2 Å². The zero-order chi connectivity index (χ0) is 13.0. The van der Waals surface area contributed by atoms with Gasteiger partial charge >= 0.3 is 0 Å². The molecule has 0 bridgehead atoms. The van der Waals surface area contributed by atoms with Crippen LogP contribution in [0.3, 0.4) is 0 Å². The first-order valence-corrected chi connectivity index (χ1v) is 6.59. The van der Waals surface area contributed by atoms with Gasteiger partial charge in [-0.05, 0) is 36.7 Å². The van der Waals surface area contributed by atoms with E-state index < -0.39 is 0 Å². The number of benzene rings is 1. The fourth-order valence-electron chi connectivity index (χ4n) is 1.76. The Morgan fingerprint density at radius 3 is 2.67 bits per heavy atom. The highest BCUT2D eigenvalue weighted by molar-refractivity contribution is 6.33. The number of nitrogens with one attached hydrogen (secondary N) is 1. The molecule has 0 spiro atoms. The molecule has 18 heavy (non-hydrogen) atoms. The van der Waals surface area contributed by atoms with Crippen molar-refractivity contribution in [1.29, 1.82) is 0 Å². The number of halogens is 1. The van der Waals surface area contributed by atoms with Crippen LogP contribution in [0.2, 0.25) is 5.02 Å². The molecule has 0 aliphatic carbocycles. The highest BCUT2D eigenvalue weighted by Crippen LogP contribution is 2.28. The van der Waals surface area contributed by atoms with Crippen molar-refractivity contribution in [2.24, 2.45) is 5.92 Å². The van der Waals surface area contributed by atoms with E-state index in [4.69, 9.17) is 16.0 Å². The van der Waals surface area contributed by atoms with Crippen molar-refractivity contribution in [3.8, 4) is 11.3 Å². The first-order valence-electron chi connectivity index (χ1n) is 6.21. The maximum absolute atomic E-state index is 6.14. The van der Waals surface area contributed by atoms with Crippen LogP contribution in [0.4, 0.5) is 0 Å². The van der Waals surface area contributed by atoms with Gasteiger partial charge in [-0.2, -0.15) is 0 Å². The van der Waals surface area contributed by atoms with Crippen molar-refractivity contribution >= 4 is 11.6 Å². The fourth-order valence-corrected chi connectivity index (χ4v) is 1.99. The smallest absolute Gasteiger partial charge is 0.135 e. The van der Waals surface area contributed by atoms with Crippen LogP contribution in [-0.4, -0.2) is 6.54 Å². The number of hydrogen-bond acceptors (Lipinski definition) is 2. The predicted octanol–water partition coefficient (Wildman–Crippen LogP) is 4.35. The van der Waals surface area contributed by atoms with E-state index in [2.05, 4.69) is 19.2 Å². The molecule has 1 heterocycles. The first-order chi connectivity index (χ1) is 8.66. The van der Waals surface area contributed by atoms with Crippen LogP contribution in [0.5, 0.6) is 0 Å². The van der Waals surface area contributed by atoms with E-state index in [1.165, 1.54) is 0 Å². The summed E-state index contributed by atoms with van der Waals surface area (Å²) in [5.74, 6) is 2.40. The molecular formula is C15H18ClNO. The summed E-state index contributed by atoms with van der Waals surface area (Å²) in [5.41, 5.74) is 0.939. The zero-order valence-electron chi connectivity index (χ0n) is 10.7. The summed E-state index contributed by atoms with van der Waals surface area (Å²) in [6.45, 7) is 6.11. The molecule has 0 aliphatic rings. The molecule has 96 valence electrons. The minimum absolute atomic E-state index is 0.642. The van der Waals surface area contributed by atoms with Gasteiger partial charge in [0.25, 0.3) is 0 Å². The summed E-state index contributed by atoms with van der Waals surface area (Å²) in [4.78, 5) is 0. The summed E-state index contributed by atoms with van der Waals surface area (Å²) in [6.07, 6.45) is 0. The van der Waals surface area contributed by atoms with Gasteiger partial charge < -0.3 is 9.73 Å². The zero-order valence-corrected chi connectivity index (χ0v) is 11.5. The highest BCUT2D eigenvalue weighted by Gasteiger charge is 2.07. The normalized spacial score (nSPS) is 11.1. The molecule has 1 aromatic carbocycles. The molecule has 0 atom stereocenters. The maximum atomic E-state index is 6.14. The van der Waals surface area contributed by atoms with Crippen LogP contribution in [0, 0.1) is 5.92 Å². The van der Waals surface area contributed by atoms with E-state index in [-0.39, 0.29) is 0 Å². The molecular weight excluding hydrogens is 246 g/mol. The van der Waals surface area contributed by atoms with Crippen molar-refractivity contribution in [2.75, 3.05) is 6.54 Å². The van der Waals surface area contributed by atoms with Crippen molar-refractivity contribution in [3.05, 3.63) is 47.2 Å². The predicted molar refractivity (Wildman–Crippen MR) is 75.7 cm³/mol. The van der Waals surface area contributed by atoms with E-state index in [0.29, 0.717) is 10.9 Å². The molecule has 2 aromatic rings. The summed E-state index contributed by atoms with van der Waals surface area (Å²) in [6, 6.07) is 11.7. The van der Waals surface area contributed by atoms with Crippen molar-refractivity contribution in [2.45, 2.75) is 20.4 Å². The van der Waals surface area contributed by atoms with E-state index in [0.717, 1.165) is 30.2 Å². The lowest BCUT2D eigenvalue weighted by Gasteiger charge is -2.05. The molecule has 0 radical (unpaired) electrons. The van der Waals surface area contributed by atoms with Crippen molar-refractivity contribution in [1.82, 2.24) is 5.32 Å². The van der Waals surface area contributed by atoms with E-state index in [1.54, 1.807) is 0 Å². The summed E-state index contributed by atoms with van der Waals surface area (Å²) >= 11 is 6.14. The Labute approximate surface area is 113 Å². The Morgan fingerprint density at radius 2 is 1.94 bits per heavy atom.